The maximum Gasteiger partial charge on any atom is 0.251 e. The van der Waals surface area contributed by atoms with Crippen LogP contribution in [0.1, 0.15) is 36.0 Å². The molecule has 0 spiro atoms. The number of hydrogen-bond acceptors (Lipinski definition) is 3. The molecule has 1 unspecified atom stereocenters. The number of aromatic nitrogens is 2. The molecule has 3 rings (SSSR count). The molecule has 1 N–H and O–H groups in total. The van der Waals surface area contributed by atoms with Crippen LogP contribution in [0.25, 0.3) is 0 Å². The van der Waals surface area contributed by atoms with Gasteiger partial charge in [0.05, 0.1) is 12.5 Å². The van der Waals surface area contributed by atoms with E-state index < -0.39 is 0 Å². The predicted octanol–water partition coefficient (Wildman–Crippen LogP) is 2.12. The molecule has 1 atom stereocenters. The van der Waals surface area contributed by atoms with Crippen LogP contribution in [0.3, 0.4) is 0 Å². The van der Waals surface area contributed by atoms with E-state index in [-0.39, 0.29) is 29.7 Å². The largest absolute Gasteiger partial charge is 0.332 e. The third-order valence-electron chi connectivity index (χ3n) is 4.05. The van der Waals surface area contributed by atoms with Gasteiger partial charge in [-0.3, -0.25) is 9.59 Å². The van der Waals surface area contributed by atoms with E-state index >= 15 is 0 Å². The molecule has 1 aliphatic heterocycles. The smallest absolute Gasteiger partial charge is 0.251 e. The fourth-order valence-electron chi connectivity index (χ4n) is 2.99. The molecular weight excluding hydrogens is 297 g/mol. The van der Waals surface area contributed by atoms with Crippen LogP contribution in [-0.2, 0) is 11.2 Å². The highest BCUT2D eigenvalue weighted by molar-refractivity contribution is 5.79. The predicted molar refractivity (Wildman–Crippen MR) is 83.4 cm³/mol. The van der Waals surface area contributed by atoms with Gasteiger partial charge in [0.1, 0.15) is 11.6 Å². The van der Waals surface area contributed by atoms with E-state index in [1.807, 2.05) is 0 Å². The van der Waals surface area contributed by atoms with Crippen molar-refractivity contribution in [3.63, 3.8) is 0 Å². The highest BCUT2D eigenvalue weighted by Crippen LogP contribution is 2.30. The summed E-state index contributed by atoms with van der Waals surface area (Å²) in [5, 5.41) is 0. The molecule has 0 aliphatic carbocycles. The first-order valence-corrected chi connectivity index (χ1v) is 7.65. The summed E-state index contributed by atoms with van der Waals surface area (Å²) in [7, 11) is 0. The number of nitrogens with one attached hydrogen (secondary N) is 1. The minimum Gasteiger partial charge on any atom is -0.332 e. The lowest BCUT2D eigenvalue weighted by molar-refractivity contribution is -0.131. The molecule has 23 heavy (non-hydrogen) atoms. The first-order chi connectivity index (χ1) is 11.0. The summed E-state index contributed by atoms with van der Waals surface area (Å²) in [6.07, 6.45) is 1.87. The first-order valence-electron chi connectivity index (χ1n) is 7.65. The van der Waals surface area contributed by atoms with Crippen LogP contribution in [0, 0.1) is 12.7 Å². The van der Waals surface area contributed by atoms with Gasteiger partial charge >= 0.3 is 0 Å². The van der Waals surface area contributed by atoms with Gasteiger partial charge in [-0.05, 0) is 37.5 Å². The van der Waals surface area contributed by atoms with Crippen molar-refractivity contribution < 1.29 is 9.18 Å². The number of amides is 1. The normalized spacial score (nSPS) is 17.5. The van der Waals surface area contributed by atoms with Crippen molar-refractivity contribution in [3.8, 4) is 0 Å². The van der Waals surface area contributed by atoms with Gasteiger partial charge in [-0.1, -0.05) is 12.1 Å². The molecule has 6 heteroatoms. The van der Waals surface area contributed by atoms with Gasteiger partial charge in [0.2, 0.25) is 5.91 Å². The fraction of sp³-hybridized carbons (Fsp3) is 0.353. The number of carbonyl (C=O) groups excluding carboxylic acids is 1. The number of H-pyrrole nitrogens is 1. The third-order valence-corrected chi connectivity index (χ3v) is 4.05. The second-order valence-electron chi connectivity index (χ2n) is 5.82. The van der Waals surface area contributed by atoms with E-state index in [4.69, 9.17) is 0 Å². The highest BCUT2D eigenvalue weighted by Gasteiger charge is 2.31. The van der Waals surface area contributed by atoms with Crippen molar-refractivity contribution in [1.82, 2.24) is 14.9 Å². The number of halogens is 1. The second-order valence-corrected chi connectivity index (χ2v) is 5.82. The minimum atomic E-state index is -0.318. The van der Waals surface area contributed by atoms with E-state index in [0.717, 1.165) is 18.4 Å². The average molecular weight is 315 g/mol. The molecule has 5 nitrogen and oxygen atoms in total. The number of hydrogen-bond donors (Lipinski definition) is 1. The van der Waals surface area contributed by atoms with Crippen LogP contribution >= 0.6 is 0 Å². The number of rotatable bonds is 3. The first kappa shape index (κ1) is 15.4. The average Bonchev–Trinajstić information content (AvgIpc) is 2.98. The van der Waals surface area contributed by atoms with Crippen LogP contribution in [0.2, 0.25) is 0 Å². The fourth-order valence-corrected chi connectivity index (χ4v) is 2.99. The van der Waals surface area contributed by atoms with E-state index in [1.165, 1.54) is 18.2 Å². The summed E-state index contributed by atoms with van der Waals surface area (Å²) < 4.78 is 12.9. The molecule has 0 bridgehead atoms. The van der Waals surface area contributed by atoms with E-state index in [1.54, 1.807) is 24.0 Å². The Bertz CT molecular complexity index is 770. The molecule has 120 valence electrons. The van der Waals surface area contributed by atoms with Crippen LogP contribution in [-0.4, -0.2) is 27.3 Å². The lowest BCUT2D eigenvalue weighted by atomic mass is 10.1. The van der Waals surface area contributed by atoms with E-state index in [9.17, 15) is 14.0 Å². The van der Waals surface area contributed by atoms with Crippen molar-refractivity contribution >= 4 is 5.91 Å². The zero-order chi connectivity index (χ0) is 16.4. The molecule has 1 aliphatic rings. The lowest BCUT2D eigenvalue weighted by Crippen LogP contribution is -2.33. The van der Waals surface area contributed by atoms with Gasteiger partial charge in [0, 0.05) is 18.3 Å². The van der Waals surface area contributed by atoms with Gasteiger partial charge in [0.15, 0.2) is 0 Å². The Labute approximate surface area is 133 Å². The Kier molecular flexibility index (Phi) is 4.23. The van der Waals surface area contributed by atoms with Crippen molar-refractivity contribution in [1.29, 1.82) is 0 Å². The molecule has 2 aromatic rings. The van der Waals surface area contributed by atoms with Gasteiger partial charge in [-0.2, -0.15) is 0 Å². The Balaban J connectivity index is 1.79. The topological polar surface area (TPSA) is 66.1 Å². The number of nitrogens with zero attached hydrogens (tertiary/aromatic N) is 2. The summed E-state index contributed by atoms with van der Waals surface area (Å²) in [5.74, 6) is 0.185. The molecule has 0 saturated carbocycles. The molecule has 0 radical (unpaired) electrons. The zero-order valence-corrected chi connectivity index (χ0v) is 12.9. The van der Waals surface area contributed by atoms with Crippen LogP contribution in [0.4, 0.5) is 4.39 Å². The van der Waals surface area contributed by atoms with E-state index in [0.29, 0.717) is 18.1 Å². The van der Waals surface area contributed by atoms with Crippen molar-refractivity contribution in [3.05, 3.63) is 63.6 Å². The molecule has 1 fully saturated rings. The Hall–Kier alpha value is -2.50. The monoisotopic (exact) mass is 315 g/mol. The number of benzene rings is 1. The van der Waals surface area contributed by atoms with Crippen LogP contribution < -0.4 is 5.56 Å². The van der Waals surface area contributed by atoms with Crippen LogP contribution in [0.5, 0.6) is 0 Å². The molecule has 2 heterocycles. The lowest BCUT2D eigenvalue weighted by Gasteiger charge is -2.24. The summed E-state index contributed by atoms with van der Waals surface area (Å²) in [4.78, 5) is 33.1. The second kappa shape index (κ2) is 6.32. The Morgan fingerprint density at radius 1 is 1.39 bits per heavy atom. The maximum absolute atomic E-state index is 12.9. The highest BCUT2D eigenvalue weighted by atomic mass is 19.1. The summed E-state index contributed by atoms with van der Waals surface area (Å²) in [5.41, 5.74) is 1.21. The minimum absolute atomic E-state index is 0.0386. The van der Waals surface area contributed by atoms with Gasteiger partial charge in [-0.15, -0.1) is 0 Å². The van der Waals surface area contributed by atoms with Gasteiger partial charge in [0.25, 0.3) is 5.56 Å². The maximum atomic E-state index is 12.9. The Morgan fingerprint density at radius 2 is 2.13 bits per heavy atom. The van der Waals surface area contributed by atoms with Gasteiger partial charge in [-0.25, -0.2) is 9.37 Å². The van der Waals surface area contributed by atoms with Crippen molar-refractivity contribution in [2.24, 2.45) is 0 Å². The van der Waals surface area contributed by atoms with Crippen LogP contribution in [0.15, 0.2) is 35.1 Å². The van der Waals surface area contributed by atoms with Gasteiger partial charge < -0.3 is 9.88 Å². The Morgan fingerprint density at radius 3 is 2.83 bits per heavy atom. The molecule has 1 amide bonds. The third kappa shape index (κ3) is 3.47. The molecule has 1 saturated heterocycles. The summed E-state index contributed by atoms with van der Waals surface area (Å²) in [6.45, 7) is 2.40. The summed E-state index contributed by atoms with van der Waals surface area (Å²) in [6, 6.07) is 7.17. The SMILES string of the molecule is Cc1cc(=O)[nH]c(C2CCCN2C(=O)Cc2ccc(F)cc2)n1. The number of likely N-dealkylation sites (tertiary alicyclic amines) is 1. The standard InChI is InChI=1S/C17H18FN3O2/c1-11-9-15(22)20-17(19-11)14-3-2-8-21(14)16(23)10-12-4-6-13(18)7-5-12/h4-7,9,14H,2-3,8,10H2,1H3,(H,19,20,22). The number of aromatic amines is 1. The summed E-state index contributed by atoms with van der Waals surface area (Å²) >= 11 is 0. The molecular formula is C17H18FN3O2. The van der Waals surface area contributed by atoms with E-state index in [2.05, 4.69) is 9.97 Å². The molecule has 1 aromatic carbocycles. The molecule has 1 aromatic heterocycles. The number of aryl methyl sites for hydroxylation is 1. The number of carbonyl (C=O) groups is 1. The quantitative estimate of drug-likeness (QED) is 0.943. The van der Waals surface area contributed by atoms with Crippen molar-refractivity contribution in [2.75, 3.05) is 6.54 Å². The van der Waals surface area contributed by atoms with Crippen molar-refractivity contribution in [2.45, 2.75) is 32.2 Å². The zero-order valence-electron chi connectivity index (χ0n) is 12.9.